The Morgan fingerprint density at radius 3 is 2.69 bits per heavy atom. The number of benzene rings is 2. The maximum Gasteiger partial charge on any atom is 0.277 e. The second-order valence-electron chi connectivity index (χ2n) is 5.62. The molecule has 0 bridgehead atoms. The summed E-state index contributed by atoms with van der Waals surface area (Å²) in [4.78, 5) is 11.8. The SMILES string of the molecule is CC(/C=C/C=C/c1ccccc1)=N\NC(=O)COc1ccc(Cl)c(C)c1. The lowest BCUT2D eigenvalue weighted by Gasteiger charge is -2.06. The molecule has 0 aliphatic heterocycles. The Kier molecular flexibility index (Phi) is 7.65. The molecule has 0 aliphatic rings. The zero-order valence-electron chi connectivity index (χ0n) is 14.8. The molecule has 2 rings (SSSR count). The van der Waals surface area contributed by atoms with Crippen molar-refractivity contribution in [2.75, 3.05) is 6.61 Å². The average Bonchev–Trinajstić information content (AvgIpc) is 2.65. The van der Waals surface area contributed by atoms with E-state index in [1.54, 1.807) is 25.1 Å². The number of hydrogen-bond acceptors (Lipinski definition) is 3. The largest absolute Gasteiger partial charge is 0.484 e. The first-order chi connectivity index (χ1) is 12.5. The van der Waals surface area contributed by atoms with Gasteiger partial charge in [0, 0.05) is 5.02 Å². The van der Waals surface area contributed by atoms with Crippen molar-refractivity contribution in [3.63, 3.8) is 0 Å². The van der Waals surface area contributed by atoms with Crippen molar-refractivity contribution in [1.82, 2.24) is 5.43 Å². The molecule has 134 valence electrons. The summed E-state index contributed by atoms with van der Waals surface area (Å²) in [5.41, 5.74) is 5.15. The van der Waals surface area contributed by atoms with Crippen LogP contribution in [0.5, 0.6) is 5.75 Å². The van der Waals surface area contributed by atoms with Crippen molar-refractivity contribution in [2.45, 2.75) is 13.8 Å². The van der Waals surface area contributed by atoms with Gasteiger partial charge in [-0.05, 0) is 49.2 Å². The molecule has 2 aromatic carbocycles. The fourth-order valence-corrected chi connectivity index (χ4v) is 2.12. The van der Waals surface area contributed by atoms with E-state index < -0.39 is 0 Å². The highest BCUT2D eigenvalue weighted by atomic mass is 35.5. The van der Waals surface area contributed by atoms with Crippen molar-refractivity contribution >= 4 is 29.3 Å². The predicted octanol–water partition coefficient (Wildman–Crippen LogP) is 4.79. The van der Waals surface area contributed by atoms with E-state index in [-0.39, 0.29) is 12.5 Å². The summed E-state index contributed by atoms with van der Waals surface area (Å²) < 4.78 is 5.41. The van der Waals surface area contributed by atoms with E-state index in [1.165, 1.54) is 0 Å². The van der Waals surface area contributed by atoms with E-state index in [2.05, 4.69) is 10.5 Å². The molecular formula is C21H21ClN2O2. The Morgan fingerprint density at radius 2 is 1.96 bits per heavy atom. The van der Waals surface area contributed by atoms with Crippen LogP contribution in [0.15, 0.2) is 71.9 Å². The Hall–Kier alpha value is -2.85. The van der Waals surface area contributed by atoms with Gasteiger partial charge in [-0.15, -0.1) is 0 Å². The molecule has 0 atom stereocenters. The van der Waals surface area contributed by atoms with Gasteiger partial charge in [-0.1, -0.05) is 60.2 Å². The van der Waals surface area contributed by atoms with Crippen molar-refractivity contribution in [3.8, 4) is 5.75 Å². The first-order valence-corrected chi connectivity index (χ1v) is 8.54. The van der Waals surface area contributed by atoms with Crippen LogP contribution < -0.4 is 10.2 Å². The number of aryl methyl sites for hydroxylation is 1. The van der Waals surface area contributed by atoms with Gasteiger partial charge < -0.3 is 4.74 Å². The van der Waals surface area contributed by atoms with Gasteiger partial charge in [-0.25, -0.2) is 5.43 Å². The zero-order valence-corrected chi connectivity index (χ0v) is 15.5. The maximum atomic E-state index is 11.8. The summed E-state index contributed by atoms with van der Waals surface area (Å²) in [6.45, 7) is 3.56. The molecule has 0 aromatic heterocycles. The summed E-state index contributed by atoms with van der Waals surface area (Å²) in [6, 6.07) is 15.2. The van der Waals surface area contributed by atoms with Gasteiger partial charge in [0.15, 0.2) is 6.61 Å². The Bertz CT molecular complexity index is 827. The van der Waals surface area contributed by atoms with Gasteiger partial charge >= 0.3 is 0 Å². The maximum absolute atomic E-state index is 11.8. The number of hydrazone groups is 1. The van der Waals surface area contributed by atoms with Gasteiger partial charge in [-0.2, -0.15) is 5.10 Å². The molecule has 1 amide bonds. The Morgan fingerprint density at radius 1 is 1.19 bits per heavy atom. The molecule has 0 radical (unpaired) electrons. The summed E-state index contributed by atoms with van der Waals surface area (Å²) in [6.07, 6.45) is 7.58. The highest BCUT2D eigenvalue weighted by molar-refractivity contribution is 6.31. The first kappa shape index (κ1) is 19.5. The number of carbonyl (C=O) groups excluding carboxylic acids is 1. The summed E-state index contributed by atoms with van der Waals surface area (Å²) in [5, 5.41) is 4.67. The van der Waals surface area contributed by atoms with Crippen LogP contribution >= 0.6 is 11.6 Å². The molecule has 0 aliphatic carbocycles. The van der Waals surface area contributed by atoms with E-state index in [0.29, 0.717) is 16.5 Å². The van der Waals surface area contributed by atoms with E-state index in [4.69, 9.17) is 16.3 Å². The topological polar surface area (TPSA) is 50.7 Å². The molecule has 0 fully saturated rings. The number of halogens is 1. The molecule has 1 N–H and O–H groups in total. The molecule has 2 aromatic rings. The summed E-state index contributed by atoms with van der Waals surface area (Å²) in [5.74, 6) is 0.263. The van der Waals surface area contributed by atoms with Crippen molar-refractivity contribution in [1.29, 1.82) is 0 Å². The monoisotopic (exact) mass is 368 g/mol. The van der Waals surface area contributed by atoms with Gasteiger partial charge in [0.2, 0.25) is 0 Å². The highest BCUT2D eigenvalue weighted by Gasteiger charge is 2.03. The molecule has 26 heavy (non-hydrogen) atoms. The fourth-order valence-electron chi connectivity index (χ4n) is 2.00. The minimum absolute atomic E-state index is 0.116. The third kappa shape index (κ3) is 6.95. The third-order valence-electron chi connectivity index (χ3n) is 3.39. The number of hydrogen-bond donors (Lipinski definition) is 1. The molecule has 0 saturated heterocycles. The lowest BCUT2D eigenvalue weighted by molar-refractivity contribution is -0.123. The quantitative estimate of drug-likeness (QED) is 0.434. The molecule has 0 saturated carbocycles. The summed E-state index contributed by atoms with van der Waals surface area (Å²) in [7, 11) is 0. The van der Waals surface area contributed by atoms with Gasteiger partial charge in [0.05, 0.1) is 5.71 Å². The number of ether oxygens (including phenoxy) is 1. The first-order valence-electron chi connectivity index (χ1n) is 8.16. The highest BCUT2D eigenvalue weighted by Crippen LogP contribution is 2.20. The van der Waals surface area contributed by atoms with E-state index in [0.717, 1.165) is 11.1 Å². The molecule has 0 spiro atoms. The van der Waals surface area contributed by atoms with E-state index in [1.807, 2.05) is 61.6 Å². The lowest BCUT2D eigenvalue weighted by atomic mass is 10.2. The van der Waals surface area contributed by atoms with Gasteiger partial charge in [0.1, 0.15) is 5.75 Å². The van der Waals surface area contributed by atoms with Crippen LogP contribution in [0.2, 0.25) is 5.02 Å². The van der Waals surface area contributed by atoms with Crippen molar-refractivity contribution < 1.29 is 9.53 Å². The molecule has 4 nitrogen and oxygen atoms in total. The normalized spacial score (nSPS) is 11.9. The van der Waals surface area contributed by atoms with Gasteiger partial charge in [0.25, 0.3) is 5.91 Å². The van der Waals surface area contributed by atoms with E-state index >= 15 is 0 Å². The van der Waals surface area contributed by atoms with Crippen LogP contribution in [-0.2, 0) is 4.79 Å². The average molecular weight is 369 g/mol. The second-order valence-corrected chi connectivity index (χ2v) is 6.02. The van der Waals surface area contributed by atoms with Crippen LogP contribution in [-0.4, -0.2) is 18.2 Å². The number of nitrogens with one attached hydrogen (secondary N) is 1. The molecule has 0 heterocycles. The zero-order chi connectivity index (χ0) is 18.8. The number of amides is 1. The second kappa shape index (κ2) is 10.2. The standard InChI is InChI=1S/C21H21ClN2O2/c1-16-14-19(12-13-20(16)22)26-15-21(25)24-23-17(2)8-6-7-11-18-9-4-3-5-10-18/h3-14H,15H2,1-2H3,(H,24,25)/b8-6+,11-7+,23-17+. The number of nitrogens with zero attached hydrogens (tertiary/aromatic N) is 1. The van der Waals surface area contributed by atoms with Crippen LogP contribution in [0.1, 0.15) is 18.1 Å². The van der Waals surface area contributed by atoms with Crippen molar-refractivity contribution in [3.05, 3.63) is 82.9 Å². The van der Waals surface area contributed by atoms with Crippen molar-refractivity contribution in [2.24, 2.45) is 5.10 Å². The predicted molar refractivity (Wildman–Crippen MR) is 108 cm³/mol. The summed E-state index contributed by atoms with van der Waals surface area (Å²) >= 11 is 5.95. The Balaban J connectivity index is 1.76. The molecule has 0 unspecified atom stereocenters. The third-order valence-corrected chi connectivity index (χ3v) is 3.82. The molecule has 5 heteroatoms. The van der Waals surface area contributed by atoms with Crippen LogP contribution in [0.3, 0.4) is 0 Å². The van der Waals surface area contributed by atoms with Gasteiger partial charge in [-0.3, -0.25) is 4.79 Å². The van der Waals surface area contributed by atoms with E-state index in [9.17, 15) is 4.79 Å². The minimum Gasteiger partial charge on any atom is -0.484 e. The number of rotatable bonds is 7. The fraction of sp³-hybridized carbons (Fsp3) is 0.143. The smallest absolute Gasteiger partial charge is 0.277 e. The van der Waals surface area contributed by atoms with Crippen LogP contribution in [0.25, 0.3) is 6.08 Å². The number of carbonyl (C=O) groups is 1. The Labute approximate surface area is 158 Å². The molecular weight excluding hydrogens is 348 g/mol. The minimum atomic E-state index is -0.329. The number of allylic oxidation sites excluding steroid dienone is 3. The van der Waals surface area contributed by atoms with Crippen LogP contribution in [0.4, 0.5) is 0 Å². The van der Waals surface area contributed by atoms with Crippen LogP contribution in [0, 0.1) is 6.92 Å². The lowest BCUT2D eigenvalue weighted by Crippen LogP contribution is -2.25.